The van der Waals surface area contributed by atoms with Crippen molar-refractivity contribution in [1.29, 1.82) is 5.41 Å². The summed E-state index contributed by atoms with van der Waals surface area (Å²) in [6.45, 7) is 0. The van der Waals surface area contributed by atoms with Crippen molar-refractivity contribution in [2.24, 2.45) is 34.6 Å². The first-order chi connectivity index (χ1) is 15.5. The smallest absolute Gasteiger partial charge is 0.308 e. The third kappa shape index (κ3) is 2.95. The van der Waals surface area contributed by atoms with Crippen molar-refractivity contribution in [1.82, 2.24) is 20.3 Å². The van der Waals surface area contributed by atoms with Crippen LogP contribution in [0.25, 0.3) is 11.0 Å². The molecule has 0 aliphatic heterocycles. The van der Waals surface area contributed by atoms with Crippen LogP contribution in [0.15, 0.2) is 41.8 Å². The predicted molar refractivity (Wildman–Crippen MR) is 116 cm³/mol. The van der Waals surface area contributed by atoms with E-state index in [1.54, 1.807) is 12.4 Å². The van der Waals surface area contributed by atoms with Gasteiger partial charge < -0.3 is 20.4 Å². The summed E-state index contributed by atoms with van der Waals surface area (Å²) in [4.78, 5) is 26.8. The highest BCUT2D eigenvalue weighted by Gasteiger charge is 2.63. The van der Waals surface area contributed by atoms with Gasteiger partial charge in [0.1, 0.15) is 11.5 Å². The Labute approximate surface area is 182 Å². The topological polar surface area (TPSA) is 130 Å². The minimum atomic E-state index is -0.762. The number of rotatable bonds is 4. The molecule has 3 aromatic rings. The van der Waals surface area contributed by atoms with Crippen LogP contribution in [-0.2, 0) is 4.79 Å². The van der Waals surface area contributed by atoms with E-state index in [0.29, 0.717) is 45.9 Å². The van der Waals surface area contributed by atoms with E-state index in [1.807, 2.05) is 12.1 Å². The van der Waals surface area contributed by atoms with E-state index >= 15 is 0 Å². The van der Waals surface area contributed by atoms with E-state index < -0.39 is 17.7 Å². The third-order valence-corrected chi connectivity index (χ3v) is 7.55. The number of amidine groups is 2. The zero-order valence-electron chi connectivity index (χ0n) is 17.2. The number of nitrogens with zero attached hydrogens (tertiary/aromatic N) is 2. The number of aromatic amines is 2. The second kappa shape index (κ2) is 7.01. The molecule has 5 N–H and O–H groups in total. The molecule has 6 atom stereocenters. The molecule has 0 aromatic carbocycles. The molecule has 4 fully saturated rings. The highest BCUT2D eigenvalue weighted by Crippen LogP contribution is 2.64. The minimum absolute atomic E-state index is 0.0575. The molecule has 9 heteroatoms. The number of carboxylic acid groups (broad SMARTS) is 1. The molecule has 0 spiro atoms. The van der Waals surface area contributed by atoms with E-state index in [1.165, 1.54) is 6.07 Å². The molecule has 4 aliphatic carbocycles. The number of nitrogens with one attached hydrogen (secondary N) is 4. The van der Waals surface area contributed by atoms with Gasteiger partial charge in [-0.25, -0.2) is 14.4 Å². The second-order valence-electron chi connectivity index (χ2n) is 9.15. The molecule has 2 bridgehead atoms. The Morgan fingerprint density at radius 2 is 2.06 bits per heavy atom. The average molecular weight is 434 g/mol. The van der Waals surface area contributed by atoms with Crippen LogP contribution in [-0.4, -0.2) is 43.7 Å². The van der Waals surface area contributed by atoms with Crippen molar-refractivity contribution < 1.29 is 14.3 Å². The molecule has 4 aliphatic rings. The van der Waals surface area contributed by atoms with Gasteiger partial charge in [0.15, 0.2) is 11.7 Å². The van der Waals surface area contributed by atoms with Gasteiger partial charge in [0.05, 0.1) is 17.8 Å². The van der Waals surface area contributed by atoms with Crippen LogP contribution in [0, 0.1) is 40.8 Å². The van der Waals surface area contributed by atoms with Gasteiger partial charge in [-0.3, -0.25) is 10.2 Å². The largest absolute Gasteiger partial charge is 0.481 e. The van der Waals surface area contributed by atoms with E-state index in [-0.39, 0.29) is 17.8 Å². The second-order valence-corrected chi connectivity index (χ2v) is 9.15. The number of H-pyrrole nitrogens is 2. The number of aromatic nitrogens is 3. The minimum Gasteiger partial charge on any atom is -0.481 e. The fourth-order valence-electron chi connectivity index (χ4n) is 6.14. The number of hydrogen-bond donors (Lipinski definition) is 5. The lowest BCUT2D eigenvalue weighted by Crippen LogP contribution is -2.57. The van der Waals surface area contributed by atoms with Gasteiger partial charge in [0, 0.05) is 29.4 Å². The Kier molecular flexibility index (Phi) is 4.21. The van der Waals surface area contributed by atoms with Gasteiger partial charge >= 0.3 is 5.97 Å². The Balaban J connectivity index is 1.37. The first-order valence-corrected chi connectivity index (χ1v) is 10.9. The molecule has 7 rings (SSSR count). The summed E-state index contributed by atoms with van der Waals surface area (Å²) in [5.74, 6) is 0.301. The maximum absolute atomic E-state index is 13.7. The molecule has 8 nitrogen and oxygen atoms in total. The molecule has 32 heavy (non-hydrogen) atoms. The van der Waals surface area contributed by atoms with Crippen LogP contribution in [0.1, 0.15) is 30.5 Å². The average Bonchev–Trinajstić information content (AvgIpc) is 3.23. The van der Waals surface area contributed by atoms with Gasteiger partial charge in [0.2, 0.25) is 0 Å². The molecule has 164 valence electrons. The van der Waals surface area contributed by atoms with Crippen molar-refractivity contribution >= 4 is 28.7 Å². The number of aliphatic carboxylic acids is 1. The Bertz CT molecular complexity index is 1250. The lowest BCUT2D eigenvalue weighted by atomic mass is 9.61. The molecule has 3 aromatic heterocycles. The van der Waals surface area contributed by atoms with E-state index in [4.69, 9.17) is 5.41 Å². The number of fused-ring (bicyclic) bond motifs is 3. The summed E-state index contributed by atoms with van der Waals surface area (Å²) < 4.78 is 13.7. The van der Waals surface area contributed by atoms with Crippen LogP contribution in [0.5, 0.6) is 0 Å². The van der Waals surface area contributed by atoms with Gasteiger partial charge in [-0.2, -0.15) is 0 Å². The molecule has 0 saturated heterocycles. The van der Waals surface area contributed by atoms with Gasteiger partial charge in [0.25, 0.3) is 0 Å². The number of carbonyl (C=O) groups is 1. The van der Waals surface area contributed by atoms with Crippen molar-refractivity contribution in [3.05, 3.63) is 53.9 Å². The highest BCUT2D eigenvalue weighted by molar-refractivity contribution is 6.14. The summed E-state index contributed by atoms with van der Waals surface area (Å²) in [6, 6.07) is 4.77. The number of halogens is 1. The molecule has 4 saturated carbocycles. The van der Waals surface area contributed by atoms with Crippen molar-refractivity contribution in [3.63, 3.8) is 0 Å². The first kappa shape index (κ1) is 19.2. The lowest BCUT2D eigenvalue weighted by molar-refractivity contribution is -0.149. The van der Waals surface area contributed by atoms with Crippen molar-refractivity contribution in [2.45, 2.75) is 25.3 Å². The highest BCUT2D eigenvalue weighted by atomic mass is 19.1. The molecule has 0 unspecified atom stereocenters. The number of pyridine rings is 1. The Hall–Kier alpha value is -3.49. The van der Waals surface area contributed by atoms with E-state index in [9.17, 15) is 14.3 Å². The van der Waals surface area contributed by atoms with Gasteiger partial charge in [-0.05, 0) is 61.1 Å². The quantitative estimate of drug-likeness (QED) is 0.319. The van der Waals surface area contributed by atoms with Crippen LogP contribution in [0.2, 0.25) is 0 Å². The van der Waals surface area contributed by atoms with E-state index in [2.05, 4.69) is 25.3 Å². The summed E-state index contributed by atoms with van der Waals surface area (Å²) in [7, 11) is 0. The van der Waals surface area contributed by atoms with Crippen molar-refractivity contribution in [3.8, 4) is 0 Å². The summed E-state index contributed by atoms with van der Waals surface area (Å²) in [6.07, 6.45) is 7.59. The van der Waals surface area contributed by atoms with Crippen LogP contribution >= 0.6 is 0 Å². The molecular formula is C23H23FN6O2. The predicted octanol–water partition coefficient (Wildman–Crippen LogP) is 3.14. The van der Waals surface area contributed by atoms with Gasteiger partial charge in [-0.15, -0.1) is 0 Å². The monoisotopic (exact) mass is 434 g/mol. The standard InChI is InChI=1S/C23H23FN6O2/c24-10-6-15-16(9-28-21(15)27-8-10)20(25)30-22(17-2-1-5-26-17)29-19-12-4-3-11(13-7-14(12)13)18(19)23(31)32/h1-2,5-6,8-9,11-14,18-19,26H,3-4,7H2,(H,27,28)(H,31,32)(H2,25,29,30)/t11-,12+,13-,14+,18-,19-/m0/s1. The maximum atomic E-state index is 13.7. The Morgan fingerprint density at radius 3 is 2.84 bits per heavy atom. The van der Waals surface area contributed by atoms with Crippen molar-refractivity contribution in [2.75, 3.05) is 0 Å². The van der Waals surface area contributed by atoms with E-state index in [0.717, 1.165) is 25.5 Å². The normalized spacial score (nSPS) is 30.8. The summed E-state index contributed by atoms with van der Waals surface area (Å²) in [5.41, 5.74) is 1.59. The molecule has 0 radical (unpaired) electrons. The van der Waals surface area contributed by atoms with Crippen LogP contribution in [0.3, 0.4) is 0 Å². The first-order valence-electron chi connectivity index (χ1n) is 10.9. The van der Waals surface area contributed by atoms with Crippen LogP contribution < -0.4 is 5.32 Å². The zero-order chi connectivity index (χ0) is 22.0. The number of carboxylic acids is 1. The summed E-state index contributed by atoms with van der Waals surface area (Å²) >= 11 is 0. The molecule has 3 heterocycles. The van der Waals surface area contributed by atoms with Crippen LogP contribution in [0.4, 0.5) is 4.39 Å². The molecular weight excluding hydrogens is 411 g/mol. The Morgan fingerprint density at radius 1 is 1.25 bits per heavy atom. The number of aliphatic imine (C=N–C) groups is 1. The number of hydrogen-bond acceptors (Lipinski definition) is 3. The third-order valence-electron chi connectivity index (χ3n) is 7.55. The maximum Gasteiger partial charge on any atom is 0.308 e. The zero-order valence-corrected chi connectivity index (χ0v) is 17.2. The molecule has 0 amide bonds. The summed E-state index contributed by atoms with van der Waals surface area (Å²) in [5, 5.41) is 22.5. The fraction of sp³-hybridized carbons (Fsp3) is 0.391. The van der Waals surface area contributed by atoms with Gasteiger partial charge in [-0.1, -0.05) is 0 Å². The fourth-order valence-corrected chi connectivity index (χ4v) is 6.14. The SMILES string of the molecule is N=C(/N=C(/N[C@H]1[C@@H]2CC[C@@H]([C@@H]3C[C@@H]32)[C@@H]1C(=O)O)c1ccc[nH]1)c1c[nH]c2ncc(F)cc12. The lowest BCUT2D eigenvalue weighted by Gasteiger charge is -2.47.